The highest BCUT2D eigenvalue weighted by atomic mass is 16.5. The molecule has 0 bridgehead atoms. The Kier molecular flexibility index (Phi) is 4.99. The van der Waals surface area contributed by atoms with E-state index in [1.54, 1.807) is 6.21 Å². The fourth-order valence-electron chi connectivity index (χ4n) is 2.32. The second kappa shape index (κ2) is 7.53. The number of benzene rings is 2. The van der Waals surface area contributed by atoms with Crippen LogP contribution in [0.1, 0.15) is 23.9 Å². The molecule has 0 saturated carbocycles. The molecule has 0 fully saturated rings. The predicted molar refractivity (Wildman–Crippen MR) is 96.5 cm³/mol. The van der Waals surface area contributed by atoms with Crippen molar-refractivity contribution in [3.63, 3.8) is 0 Å². The molecular weight excluding hydrogens is 316 g/mol. The zero-order chi connectivity index (χ0) is 17.6. The largest absolute Gasteiger partial charge is 0.487 e. The Bertz CT molecular complexity index is 938. The number of rotatable bonds is 5. The number of hydrazone groups is 1. The third-order valence-corrected chi connectivity index (χ3v) is 3.55. The number of hydrogen-bond acceptors (Lipinski definition) is 5. The summed E-state index contributed by atoms with van der Waals surface area (Å²) >= 11 is 0. The van der Waals surface area contributed by atoms with E-state index in [-0.39, 0.29) is 5.91 Å². The van der Waals surface area contributed by atoms with Gasteiger partial charge in [0.1, 0.15) is 12.4 Å². The second-order valence-electron chi connectivity index (χ2n) is 5.50. The van der Waals surface area contributed by atoms with E-state index in [1.165, 1.54) is 6.92 Å². The first-order chi connectivity index (χ1) is 12.1. The number of nitrogens with one attached hydrogen (secondary N) is 1. The van der Waals surface area contributed by atoms with Crippen molar-refractivity contribution in [3.05, 3.63) is 65.5 Å². The zero-order valence-corrected chi connectivity index (χ0v) is 14.1. The number of aryl methyl sites for hydroxylation is 1. The van der Waals surface area contributed by atoms with Crippen molar-refractivity contribution < 1.29 is 9.53 Å². The summed E-state index contributed by atoms with van der Waals surface area (Å²) in [5.74, 6) is 0.433. The van der Waals surface area contributed by atoms with E-state index in [0.29, 0.717) is 12.4 Å². The molecule has 1 aromatic heterocycles. The molecule has 0 aliphatic carbocycles. The van der Waals surface area contributed by atoms with E-state index in [2.05, 4.69) is 20.5 Å². The number of fused-ring (bicyclic) bond motifs is 1. The fraction of sp³-hybridized carbons (Fsp3) is 0.158. The van der Waals surface area contributed by atoms with Crippen molar-refractivity contribution in [1.29, 1.82) is 0 Å². The van der Waals surface area contributed by atoms with Crippen molar-refractivity contribution in [2.75, 3.05) is 0 Å². The van der Waals surface area contributed by atoms with E-state index in [4.69, 9.17) is 4.74 Å². The van der Waals surface area contributed by atoms with Gasteiger partial charge in [-0.2, -0.15) is 5.10 Å². The van der Waals surface area contributed by atoms with Crippen LogP contribution in [0.2, 0.25) is 0 Å². The summed E-state index contributed by atoms with van der Waals surface area (Å²) in [4.78, 5) is 20.1. The van der Waals surface area contributed by atoms with Gasteiger partial charge in [0.15, 0.2) is 0 Å². The fourth-order valence-corrected chi connectivity index (χ4v) is 2.32. The summed E-state index contributed by atoms with van der Waals surface area (Å²) in [6.07, 6.45) is 1.55. The first kappa shape index (κ1) is 16.6. The third-order valence-electron chi connectivity index (χ3n) is 3.55. The monoisotopic (exact) mass is 334 g/mol. The van der Waals surface area contributed by atoms with Gasteiger partial charge in [0.05, 0.1) is 28.6 Å². The van der Waals surface area contributed by atoms with Crippen molar-refractivity contribution >= 4 is 23.2 Å². The maximum atomic E-state index is 10.9. The molecule has 0 unspecified atom stereocenters. The Hall–Kier alpha value is -3.28. The zero-order valence-electron chi connectivity index (χ0n) is 14.1. The van der Waals surface area contributed by atoms with Gasteiger partial charge in [-0.05, 0) is 31.2 Å². The molecular formula is C19H18N4O2. The minimum atomic E-state index is -0.225. The molecule has 6 heteroatoms. The van der Waals surface area contributed by atoms with Gasteiger partial charge in [-0.1, -0.05) is 24.3 Å². The lowest BCUT2D eigenvalue weighted by Crippen LogP contribution is -2.12. The highest BCUT2D eigenvalue weighted by Gasteiger charge is 2.07. The second-order valence-corrected chi connectivity index (χ2v) is 5.50. The van der Waals surface area contributed by atoms with Crippen molar-refractivity contribution in [3.8, 4) is 5.75 Å². The lowest BCUT2D eigenvalue weighted by atomic mass is 10.2. The molecule has 1 amide bonds. The number of hydrogen-bond donors (Lipinski definition) is 1. The molecule has 0 saturated heterocycles. The maximum Gasteiger partial charge on any atom is 0.236 e. The van der Waals surface area contributed by atoms with Gasteiger partial charge in [0.2, 0.25) is 5.91 Å². The molecule has 6 nitrogen and oxygen atoms in total. The third kappa shape index (κ3) is 4.17. The number of amides is 1. The summed E-state index contributed by atoms with van der Waals surface area (Å²) in [6.45, 7) is 3.62. The highest BCUT2D eigenvalue weighted by Crippen LogP contribution is 2.19. The van der Waals surface area contributed by atoms with Crippen LogP contribution in [0.25, 0.3) is 11.0 Å². The molecule has 2 aromatic carbocycles. The number of carbonyl (C=O) groups is 1. The van der Waals surface area contributed by atoms with Gasteiger partial charge in [-0.3, -0.25) is 4.79 Å². The normalized spacial score (nSPS) is 11.0. The highest BCUT2D eigenvalue weighted by molar-refractivity contribution is 5.84. The first-order valence-corrected chi connectivity index (χ1v) is 7.87. The van der Waals surface area contributed by atoms with Crippen LogP contribution in [-0.4, -0.2) is 22.1 Å². The number of nitrogens with zero attached hydrogens (tertiary/aromatic N) is 3. The summed E-state index contributed by atoms with van der Waals surface area (Å²) in [7, 11) is 0. The number of ether oxygens (including phenoxy) is 1. The Balaban J connectivity index is 1.79. The first-order valence-electron chi connectivity index (χ1n) is 7.87. The minimum absolute atomic E-state index is 0.225. The topological polar surface area (TPSA) is 76.5 Å². The average Bonchev–Trinajstić information content (AvgIpc) is 2.60. The van der Waals surface area contributed by atoms with Crippen LogP contribution in [0.4, 0.5) is 0 Å². The van der Waals surface area contributed by atoms with Gasteiger partial charge in [-0.15, -0.1) is 0 Å². The maximum absolute atomic E-state index is 10.9. The van der Waals surface area contributed by atoms with Crippen LogP contribution in [-0.2, 0) is 11.4 Å². The standard InChI is InChI=1S/C19H18N4O2/c1-13-18(22-17-9-5-4-8-16(17)21-13)12-25-19-10-6-3-7-15(19)11-20-23-14(2)24/h3-11H,12H2,1-2H3,(H,23,24)/b20-11-. The minimum Gasteiger partial charge on any atom is -0.487 e. The van der Waals surface area contributed by atoms with Crippen molar-refractivity contribution in [2.24, 2.45) is 5.10 Å². The Morgan fingerprint density at radius 1 is 1.12 bits per heavy atom. The van der Waals surface area contributed by atoms with Crippen LogP contribution in [0.5, 0.6) is 5.75 Å². The SMILES string of the molecule is CC(=O)N/N=C\c1ccccc1OCc1nc2ccccc2nc1C. The lowest BCUT2D eigenvalue weighted by Gasteiger charge is -2.10. The van der Waals surface area contributed by atoms with Gasteiger partial charge < -0.3 is 4.74 Å². The predicted octanol–water partition coefficient (Wildman–Crippen LogP) is 2.99. The smallest absolute Gasteiger partial charge is 0.236 e. The van der Waals surface area contributed by atoms with E-state index in [0.717, 1.165) is 28.0 Å². The molecule has 1 heterocycles. The van der Waals surface area contributed by atoms with Gasteiger partial charge >= 0.3 is 0 Å². The molecule has 1 N–H and O–H groups in total. The summed E-state index contributed by atoms with van der Waals surface area (Å²) < 4.78 is 5.90. The van der Waals surface area contributed by atoms with Crippen LogP contribution in [0, 0.1) is 6.92 Å². The van der Waals surface area contributed by atoms with Crippen LogP contribution in [0.15, 0.2) is 53.6 Å². The molecule has 3 aromatic rings. The van der Waals surface area contributed by atoms with E-state index in [9.17, 15) is 4.79 Å². The summed E-state index contributed by atoms with van der Waals surface area (Å²) in [5, 5.41) is 3.88. The average molecular weight is 334 g/mol. The van der Waals surface area contributed by atoms with Crippen LogP contribution < -0.4 is 10.2 Å². The molecule has 0 aliphatic heterocycles. The molecule has 25 heavy (non-hydrogen) atoms. The molecule has 3 rings (SSSR count). The Morgan fingerprint density at radius 2 is 1.80 bits per heavy atom. The number of carbonyl (C=O) groups excluding carboxylic acids is 1. The molecule has 0 aliphatic rings. The van der Waals surface area contributed by atoms with Crippen LogP contribution in [0.3, 0.4) is 0 Å². The van der Waals surface area contributed by atoms with Gasteiger partial charge in [0, 0.05) is 12.5 Å². The van der Waals surface area contributed by atoms with Gasteiger partial charge in [-0.25, -0.2) is 15.4 Å². The van der Waals surface area contributed by atoms with Crippen molar-refractivity contribution in [2.45, 2.75) is 20.5 Å². The molecule has 0 radical (unpaired) electrons. The van der Waals surface area contributed by atoms with E-state index < -0.39 is 0 Å². The Morgan fingerprint density at radius 3 is 2.56 bits per heavy atom. The van der Waals surface area contributed by atoms with Crippen molar-refractivity contribution in [1.82, 2.24) is 15.4 Å². The Labute approximate surface area is 145 Å². The number of para-hydroxylation sites is 3. The quantitative estimate of drug-likeness (QED) is 0.575. The van der Waals surface area contributed by atoms with Gasteiger partial charge in [0.25, 0.3) is 0 Å². The molecule has 0 spiro atoms. The molecule has 126 valence electrons. The number of aromatic nitrogens is 2. The summed E-state index contributed by atoms with van der Waals surface area (Å²) in [5.41, 5.74) is 6.47. The van der Waals surface area contributed by atoms with E-state index >= 15 is 0 Å². The lowest BCUT2D eigenvalue weighted by molar-refractivity contribution is -0.118. The summed E-state index contributed by atoms with van der Waals surface area (Å²) in [6, 6.07) is 15.2. The van der Waals surface area contributed by atoms with Crippen LogP contribution >= 0.6 is 0 Å². The molecule has 0 atom stereocenters. The van der Waals surface area contributed by atoms with E-state index in [1.807, 2.05) is 55.5 Å².